The van der Waals surface area contributed by atoms with Crippen molar-refractivity contribution in [3.8, 4) is 5.75 Å². The van der Waals surface area contributed by atoms with Crippen LogP contribution in [0.4, 0.5) is 0 Å². The first-order valence-corrected chi connectivity index (χ1v) is 8.25. The number of nitrogens with one attached hydrogen (secondary N) is 1. The van der Waals surface area contributed by atoms with Gasteiger partial charge in [-0.15, -0.1) is 17.9 Å². The maximum Gasteiger partial charge on any atom is 0.123 e. The molecule has 2 nitrogen and oxygen atoms in total. The Labute approximate surface area is 131 Å². The van der Waals surface area contributed by atoms with E-state index in [9.17, 15) is 0 Å². The summed E-state index contributed by atoms with van der Waals surface area (Å²) >= 11 is 1.81. The summed E-state index contributed by atoms with van der Waals surface area (Å²) in [7, 11) is 0. The van der Waals surface area contributed by atoms with Gasteiger partial charge in [0, 0.05) is 16.3 Å². The van der Waals surface area contributed by atoms with Gasteiger partial charge in [-0.05, 0) is 43.1 Å². The summed E-state index contributed by atoms with van der Waals surface area (Å²) in [5.41, 5.74) is 1.19. The van der Waals surface area contributed by atoms with Gasteiger partial charge in [0.05, 0.1) is 0 Å². The third kappa shape index (κ3) is 5.03. The van der Waals surface area contributed by atoms with E-state index in [0.29, 0.717) is 6.61 Å². The summed E-state index contributed by atoms with van der Waals surface area (Å²) in [6.07, 6.45) is 3.92. The van der Waals surface area contributed by atoms with E-state index in [1.807, 2.05) is 35.6 Å². The molecule has 2 aromatic rings. The lowest BCUT2D eigenvalue weighted by molar-refractivity contribution is 0.307. The van der Waals surface area contributed by atoms with E-state index in [1.165, 1.54) is 21.7 Å². The average molecular weight is 301 g/mol. The average Bonchev–Trinajstić information content (AvgIpc) is 2.95. The van der Waals surface area contributed by atoms with Crippen LogP contribution in [-0.4, -0.2) is 6.54 Å². The van der Waals surface area contributed by atoms with Gasteiger partial charge in [-0.1, -0.05) is 31.2 Å². The largest absolute Gasteiger partial charge is 0.488 e. The van der Waals surface area contributed by atoms with Crippen molar-refractivity contribution < 1.29 is 4.74 Å². The van der Waals surface area contributed by atoms with Crippen molar-refractivity contribution in [1.29, 1.82) is 0 Å². The van der Waals surface area contributed by atoms with Gasteiger partial charge in [-0.2, -0.15) is 0 Å². The van der Waals surface area contributed by atoms with E-state index in [4.69, 9.17) is 4.74 Å². The van der Waals surface area contributed by atoms with Gasteiger partial charge in [-0.25, -0.2) is 0 Å². The zero-order chi connectivity index (χ0) is 14.9. The molecule has 0 atom stereocenters. The molecule has 0 fully saturated rings. The van der Waals surface area contributed by atoms with Gasteiger partial charge in [0.1, 0.15) is 12.4 Å². The van der Waals surface area contributed by atoms with Gasteiger partial charge < -0.3 is 10.1 Å². The first kappa shape index (κ1) is 15.8. The number of hydrogen-bond acceptors (Lipinski definition) is 3. The molecule has 0 unspecified atom stereocenters. The predicted octanol–water partition coefficient (Wildman–Crippen LogP) is 4.56. The molecular weight excluding hydrogens is 278 g/mol. The molecule has 0 amide bonds. The van der Waals surface area contributed by atoms with Crippen molar-refractivity contribution in [3.63, 3.8) is 0 Å². The summed E-state index contributed by atoms with van der Waals surface area (Å²) in [5.74, 6) is 0.955. The Morgan fingerprint density at radius 1 is 1.19 bits per heavy atom. The van der Waals surface area contributed by atoms with Crippen LogP contribution in [0.1, 0.15) is 28.7 Å². The highest BCUT2D eigenvalue weighted by atomic mass is 32.1. The highest BCUT2D eigenvalue weighted by Crippen LogP contribution is 2.22. The number of para-hydroxylation sites is 1. The van der Waals surface area contributed by atoms with E-state index in [0.717, 1.165) is 25.3 Å². The monoisotopic (exact) mass is 301 g/mol. The number of allylic oxidation sites excluding steroid dienone is 1. The van der Waals surface area contributed by atoms with Gasteiger partial charge in [-0.3, -0.25) is 0 Å². The summed E-state index contributed by atoms with van der Waals surface area (Å²) in [6, 6.07) is 12.5. The quantitative estimate of drug-likeness (QED) is 0.542. The lowest BCUT2D eigenvalue weighted by Crippen LogP contribution is -2.12. The molecule has 1 aromatic carbocycles. The standard InChI is InChI=1S/C18H23NOS/c1-3-7-15-8-5-6-9-18(15)20-14-17-11-10-16(21-17)13-19-12-4-2/h3,5-6,8-11,19H,1,4,7,12-14H2,2H3. The Kier molecular flexibility index (Phi) is 6.51. The number of thiophene rings is 1. The zero-order valence-electron chi connectivity index (χ0n) is 12.6. The van der Waals surface area contributed by atoms with E-state index >= 15 is 0 Å². The minimum Gasteiger partial charge on any atom is -0.488 e. The van der Waals surface area contributed by atoms with E-state index in [1.54, 1.807) is 0 Å². The molecule has 0 bridgehead atoms. The summed E-state index contributed by atoms with van der Waals surface area (Å²) < 4.78 is 5.96. The fraction of sp³-hybridized carbons (Fsp3) is 0.333. The van der Waals surface area contributed by atoms with E-state index < -0.39 is 0 Å². The fourth-order valence-electron chi connectivity index (χ4n) is 2.10. The molecule has 0 saturated carbocycles. The van der Waals surface area contributed by atoms with Crippen LogP contribution in [0.2, 0.25) is 0 Å². The molecule has 0 aliphatic carbocycles. The van der Waals surface area contributed by atoms with E-state index in [-0.39, 0.29) is 0 Å². The van der Waals surface area contributed by atoms with Crippen LogP contribution >= 0.6 is 11.3 Å². The van der Waals surface area contributed by atoms with Gasteiger partial charge in [0.25, 0.3) is 0 Å². The Morgan fingerprint density at radius 2 is 2.00 bits per heavy atom. The number of rotatable bonds is 9. The summed E-state index contributed by atoms with van der Waals surface area (Å²) in [5, 5.41) is 3.42. The SMILES string of the molecule is C=CCc1ccccc1OCc1ccc(CNCCC)s1. The van der Waals surface area contributed by atoms with Gasteiger partial charge >= 0.3 is 0 Å². The van der Waals surface area contributed by atoms with Crippen molar-refractivity contribution >= 4 is 11.3 Å². The van der Waals surface area contributed by atoms with Crippen molar-refractivity contribution in [3.05, 3.63) is 64.4 Å². The molecule has 1 heterocycles. The second-order valence-corrected chi connectivity index (χ2v) is 6.19. The lowest BCUT2D eigenvalue weighted by Gasteiger charge is -2.09. The minimum absolute atomic E-state index is 0.632. The van der Waals surface area contributed by atoms with Crippen molar-refractivity contribution in [1.82, 2.24) is 5.32 Å². The molecule has 0 aliphatic rings. The molecule has 3 heteroatoms. The predicted molar refractivity (Wildman–Crippen MR) is 91.0 cm³/mol. The smallest absolute Gasteiger partial charge is 0.123 e. The minimum atomic E-state index is 0.632. The molecule has 0 spiro atoms. The normalized spacial score (nSPS) is 10.5. The van der Waals surface area contributed by atoms with Gasteiger partial charge in [0.2, 0.25) is 0 Å². The van der Waals surface area contributed by atoms with Crippen molar-refractivity contribution in [2.75, 3.05) is 6.54 Å². The second-order valence-electron chi connectivity index (χ2n) is 4.93. The van der Waals surface area contributed by atoms with Crippen LogP contribution < -0.4 is 10.1 Å². The molecule has 112 valence electrons. The molecule has 0 saturated heterocycles. The molecule has 21 heavy (non-hydrogen) atoms. The molecule has 1 N–H and O–H groups in total. The van der Waals surface area contributed by atoms with Crippen LogP contribution in [0.25, 0.3) is 0 Å². The third-order valence-corrected chi connectivity index (χ3v) is 4.21. The lowest BCUT2D eigenvalue weighted by atomic mass is 10.1. The highest BCUT2D eigenvalue weighted by Gasteiger charge is 2.04. The maximum atomic E-state index is 5.96. The topological polar surface area (TPSA) is 21.3 Å². The van der Waals surface area contributed by atoms with Crippen LogP contribution in [0, 0.1) is 0 Å². The highest BCUT2D eigenvalue weighted by molar-refractivity contribution is 7.11. The maximum absolute atomic E-state index is 5.96. The molecular formula is C18H23NOS. The molecule has 0 aliphatic heterocycles. The Balaban J connectivity index is 1.89. The number of benzene rings is 1. The first-order valence-electron chi connectivity index (χ1n) is 7.43. The number of ether oxygens (including phenoxy) is 1. The Hall–Kier alpha value is -1.58. The van der Waals surface area contributed by atoms with E-state index in [2.05, 4.69) is 37.0 Å². The fourth-order valence-corrected chi connectivity index (χ4v) is 3.00. The van der Waals surface area contributed by atoms with Crippen LogP contribution in [0.5, 0.6) is 5.75 Å². The van der Waals surface area contributed by atoms with Crippen molar-refractivity contribution in [2.24, 2.45) is 0 Å². The van der Waals surface area contributed by atoms with Crippen molar-refractivity contribution in [2.45, 2.75) is 32.9 Å². The van der Waals surface area contributed by atoms with Crippen LogP contribution in [0.15, 0.2) is 49.1 Å². The third-order valence-electron chi connectivity index (χ3n) is 3.15. The molecule has 0 radical (unpaired) electrons. The molecule has 1 aromatic heterocycles. The zero-order valence-corrected chi connectivity index (χ0v) is 13.4. The first-order chi connectivity index (χ1) is 10.3. The van der Waals surface area contributed by atoms with Crippen LogP contribution in [0.3, 0.4) is 0 Å². The summed E-state index contributed by atoms with van der Waals surface area (Å²) in [4.78, 5) is 2.62. The van der Waals surface area contributed by atoms with Crippen LogP contribution in [-0.2, 0) is 19.6 Å². The summed E-state index contributed by atoms with van der Waals surface area (Å²) in [6.45, 7) is 8.63. The second kappa shape index (κ2) is 8.65. The molecule has 2 rings (SSSR count). The van der Waals surface area contributed by atoms with Gasteiger partial charge in [0.15, 0.2) is 0 Å². The Bertz CT molecular complexity index is 562. The number of hydrogen-bond donors (Lipinski definition) is 1. The Morgan fingerprint density at radius 3 is 2.81 bits per heavy atom.